The second-order valence-electron chi connectivity index (χ2n) is 12.7. The summed E-state index contributed by atoms with van der Waals surface area (Å²) in [6.45, 7) is 14.0. The molecule has 1 aromatic heterocycles. The van der Waals surface area contributed by atoms with Crippen molar-refractivity contribution in [3.05, 3.63) is 63.9 Å². The highest BCUT2D eigenvalue weighted by atomic mass is 19.4. The molecule has 5 heterocycles. The number of nitrogens with two attached hydrogens (primary N) is 1. The summed E-state index contributed by atoms with van der Waals surface area (Å²) < 4.78 is 84.7. The number of piperazine rings is 1. The number of aromatic nitrogens is 2. The number of halogens is 5. The van der Waals surface area contributed by atoms with Crippen molar-refractivity contribution in [1.29, 1.82) is 0 Å². The number of carbonyl (C=O) groups excluding carboxylic acids is 1. The Hall–Kier alpha value is -4.03. The lowest BCUT2D eigenvalue weighted by Gasteiger charge is -2.40. The smallest absolute Gasteiger partial charge is 0.417 e. The van der Waals surface area contributed by atoms with Crippen LogP contribution < -0.4 is 15.4 Å². The van der Waals surface area contributed by atoms with Crippen molar-refractivity contribution in [2.24, 2.45) is 0 Å². The SMILES string of the molecule is [C-]#[N+]C[C@H]1CN(c2nc(OC[C@@]34CCCN3C[C@H](F)C4)nc3c2CO[C@H](c2c(F)c(N)cc(C)c2C(F)(F)F)C3)CCN1C(=O)C=C. The molecule has 15 heteroatoms. The third kappa shape index (κ3) is 6.09. The zero-order valence-electron chi connectivity index (χ0n) is 26.0. The Balaban J connectivity index is 1.38. The molecule has 2 aromatic rings. The van der Waals surface area contributed by atoms with Crippen LogP contribution in [-0.4, -0.2) is 89.3 Å². The molecule has 4 atom stereocenters. The highest BCUT2D eigenvalue weighted by Crippen LogP contribution is 2.45. The molecule has 0 radical (unpaired) electrons. The highest BCUT2D eigenvalue weighted by molar-refractivity contribution is 5.87. The number of fused-ring (bicyclic) bond motifs is 2. The van der Waals surface area contributed by atoms with E-state index in [-0.39, 0.29) is 56.7 Å². The lowest BCUT2D eigenvalue weighted by molar-refractivity contribution is -0.140. The average molecular weight is 662 g/mol. The molecule has 0 bridgehead atoms. The van der Waals surface area contributed by atoms with Crippen molar-refractivity contribution in [2.45, 2.75) is 69.2 Å². The summed E-state index contributed by atoms with van der Waals surface area (Å²) in [6.07, 6.45) is -4.29. The molecule has 2 N–H and O–H groups in total. The van der Waals surface area contributed by atoms with Crippen molar-refractivity contribution in [3.63, 3.8) is 0 Å². The first kappa shape index (κ1) is 32.9. The highest BCUT2D eigenvalue weighted by Gasteiger charge is 2.49. The van der Waals surface area contributed by atoms with Crippen LogP contribution in [0, 0.1) is 19.3 Å². The summed E-state index contributed by atoms with van der Waals surface area (Å²) in [6, 6.07) is 0.427. The number of aryl methyl sites for hydroxylation is 1. The van der Waals surface area contributed by atoms with Gasteiger partial charge in [0.15, 0.2) is 5.82 Å². The number of hydrogen-bond donors (Lipinski definition) is 1. The fraction of sp³-hybridized carbons (Fsp3) is 0.562. The molecular weight excluding hydrogens is 625 g/mol. The Labute approximate surface area is 269 Å². The van der Waals surface area contributed by atoms with Gasteiger partial charge in [0.1, 0.15) is 24.6 Å². The molecule has 252 valence electrons. The van der Waals surface area contributed by atoms with E-state index in [4.69, 9.17) is 26.8 Å². The van der Waals surface area contributed by atoms with Gasteiger partial charge < -0.3 is 29.9 Å². The summed E-state index contributed by atoms with van der Waals surface area (Å²) in [4.78, 5) is 30.9. The van der Waals surface area contributed by atoms with Gasteiger partial charge in [0.05, 0.1) is 35.2 Å². The number of ether oxygens (including phenoxy) is 2. The summed E-state index contributed by atoms with van der Waals surface area (Å²) in [5, 5.41) is 0. The van der Waals surface area contributed by atoms with Crippen LogP contribution in [0.15, 0.2) is 18.7 Å². The van der Waals surface area contributed by atoms with Crippen molar-refractivity contribution in [1.82, 2.24) is 19.8 Å². The maximum atomic E-state index is 15.4. The normalized spacial score (nSPS) is 26.1. The van der Waals surface area contributed by atoms with Gasteiger partial charge in [-0.05, 0) is 44.0 Å². The maximum absolute atomic E-state index is 15.4. The van der Waals surface area contributed by atoms with Gasteiger partial charge in [-0.25, -0.2) is 15.4 Å². The van der Waals surface area contributed by atoms with Gasteiger partial charge >= 0.3 is 12.2 Å². The van der Waals surface area contributed by atoms with E-state index in [1.165, 1.54) is 13.0 Å². The van der Waals surface area contributed by atoms with Crippen LogP contribution in [0.3, 0.4) is 0 Å². The van der Waals surface area contributed by atoms with Gasteiger partial charge in [-0.15, -0.1) is 0 Å². The number of alkyl halides is 4. The van der Waals surface area contributed by atoms with Crippen LogP contribution in [0.1, 0.15) is 53.3 Å². The molecule has 0 spiro atoms. The van der Waals surface area contributed by atoms with Gasteiger partial charge in [-0.1, -0.05) is 6.58 Å². The minimum absolute atomic E-state index is 0.0301. The van der Waals surface area contributed by atoms with Crippen LogP contribution >= 0.6 is 0 Å². The van der Waals surface area contributed by atoms with E-state index >= 15 is 4.39 Å². The molecule has 47 heavy (non-hydrogen) atoms. The third-order valence-corrected chi connectivity index (χ3v) is 9.76. The summed E-state index contributed by atoms with van der Waals surface area (Å²) >= 11 is 0. The number of benzene rings is 1. The van der Waals surface area contributed by atoms with Gasteiger partial charge in [0.25, 0.3) is 0 Å². The Morgan fingerprint density at radius 1 is 1.30 bits per heavy atom. The number of carbonyl (C=O) groups is 1. The predicted molar refractivity (Wildman–Crippen MR) is 162 cm³/mol. The fourth-order valence-electron chi connectivity index (χ4n) is 7.63. The second kappa shape index (κ2) is 12.5. The number of anilines is 2. The zero-order chi connectivity index (χ0) is 33.7. The van der Waals surface area contributed by atoms with Crippen LogP contribution in [0.4, 0.5) is 33.5 Å². The minimum atomic E-state index is -4.87. The molecular formula is C32H36F5N7O3. The maximum Gasteiger partial charge on any atom is 0.417 e. The van der Waals surface area contributed by atoms with Crippen molar-refractivity contribution in [3.8, 4) is 6.01 Å². The molecule has 0 aliphatic carbocycles. The van der Waals surface area contributed by atoms with Gasteiger partial charge in [-0.2, -0.15) is 23.1 Å². The molecule has 0 saturated carbocycles. The van der Waals surface area contributed by atoms with E-state index in [2.05, 4.69) is 21.3 Å². The van der Waals surface area contributed by atoms with Gasteiger partial charge in [-0.3, -0.25) is 9.69 Å². The van der Waals surface area contributed by atoms with Crippen molar-refractivity contribution < 1.29 is 36.2 Å². The van der Waals surface area contributed by atoms with Crippen molar-refractivity contribution >= 4 is 17.4 Å². The quantitative estimate of drug-likeness (QED) is 0.202. The first-order chi connectivity index (χ1) is 22.3. The first-order valence-electron chi connectivity index (χ1n) is 15.6. The van der Waals surface area contributed by atoms with E-state index in [0.29, 0.717) is 36.6 Å². The standard InChI is InChI=1S/C32H36F5N7O3/c1-4-25(45)44-9-8-42(15-20(44)13-39-3)29-21-16-46-24(26-27(32(35,36)37)18(2)10-22(38)28(26)34)11-23(21)40-30(41-29)47-17-31-6-5-7-43(31)14-19(33)12-31/h4,10,19-20,24H,1,5-9,11-17,38H2,2H3/t19-,20+,24+,31+/m1/s1. The van der Waals surface area contributed by atoms with Gasteiger partial charge in [0.2, 0.25) is 12.5 Å². The number of rotatable bonds is 7. The summed E-state index contributed by atoms with van der Waals surface area (Å²) in [7, 11) is 0. The topological polar surface area (TPSA) is 101 Å². The van der Waals surface area contributed by atoms with Crippen LogP contribution in [0.25, 0.3) is 4.85 Å². The summed E-state index contributed by atoms with van der Waals surface area (Å²) in [5.41, 5.74) is 3.59. The fourth-order valence-corrected chi connectivity index (χ4v) is 7.63. The van der Waals surface area contributed by atoms with Crippen LogP contribution in [0.5, 0.6) is 6.01 Å². The number of amides is 1. The summed E-state index contributed by atoms with van der Waals surface area (Å²) in [5.74, 6) is -1.12. The Morgan fingerprint density at radius 2 is 2.09 bits per heavy atom. The van der Waals surface area contributed by atoms with Crippen LogP contribution in [-0.2, 0) is 28.7 Å². The van der Waals surface area contributed by atoms with Gasteiger partial charge in [0, 0.05) is 50.1 Å². The third-order valence-electron chi connectivity index (χ3n) is 9.76. The second-order valence-corrected chi connectivity index (χ2v) is 12.7. The van der Waals surface area contributed by atoms with E-state index in [1.54, 1.807) is 4.90 Å². The molecule has 3 fully saturated rings. The Bertz CT molecular complexity index is 1610. The molecule has 1 aromatic carbocycles. The zero-order valence-corrected chi connectivity index (χ0v) is 26.0. The van der Waals surface area contributed by atoms with Crippen LogP contribution in [0.2, 0.25) is 0 Å². The van der Waals surface area contributed by atoms with E-state index in [9.17, 15) is 22.4 Å². The molecule has 4 aliphatic heterocycles. The lowest BCUT2D eigenvalue weighted by atomic mass is 9.91. The van der Waals surface area contributed by atoms with E-state index in [1.807, 2.05) is 4.90 Å². The minimum Gasteiger partial charge on any atom is -0.461 e. The molecule has 10 nitrogen and oxygen atoms in total. The lowest BCUT2D eigenvalue weighted by Crippen LogP contribution is -2.56. The molecule has 3 saturated heterocycles. The molecule has 4 aliphatic rings. The number of nitrogen functional groups attached to an aromatic ring is 1. The largest absolute Gasteiger partial charge is 0.461 e. The predicted octanol–water partition coefficient (Wildman–Crippen LogP) is 4.42. The Kier molecular flexibility index (Phi) is 8.77. The molecule has 1 amide bonds. The Morgan fingerprint density at radius 3 is 2.81 bits per heavy atom. The van der Waals surface area contributed by atoms with E-state index in [0.717, 1.165) is 25.5 Å². The monoisotopic (exact) mass is 661 g/mol. The average Bonchev–Trinajstić information content (AvgIpc) is 3.55. The first-order valence-corrected chi connectivity index (χ1v) is 15.6. The van der Waals surface area contributed by atoms with Crippen molar-refractivity contribution in [2.75, 3.05) is 56.5 Å². The van der Waals surface area contributed by atoms with E-state index < -0.39 is 52.7 Å². The molecule has 0 unspecified atom stereocenters. The number of hydrogen-bond acceptors (Lipinski definition) is 8. The number of nitrogens with zero attached hydrogens (tertiary/aromatic N) is 6. The molecule has 6 rings (SSSR count).